The molecule has 0 saturated carbocycles. The van der Waals surface area contributed by atoms with Gasteiger partial charge < -0.3 is 15.4 Å². The van der Waals surface area contributed by atoms with Gasteiger partial charge >= 0.3 is 0 Å². The SMILES string of the molecule is Cc1nc(Nc2ccccc2OC(C)C)cc(NC(C)C)n1. The molecule has 0 radical (unpaired) electrons. The summed E-state index contributed by atoms with van der Waals surface area (Å²) in [5, 5.41) is 6.61. The third-order valence-corrected chi connectivity index (χ3v) is 2.79. The summed E-state index contributed by atoms with van der Waals surface area (Å²) in [6.45, 7) is 10.1. The molecular weight excluding hydrogens is 276 g/mol. The lowest BCUT2D eigenvalue weighted by atomic mass is 10.3. The van der Waals surface area contributed by atoms with Crippen LogP contribution in [0.25, 0.3) is 0 Å². The number of hydrogen-bond acceptors (Lipinski definition) is 5. The van der Waals surface area contributed by atoms with Gasteiger partial charge in [0.25, 0.3) is 0 Å². The number of aryl methyl sites for hydroxylation is 1. The Morgan fingerprint density at radius 2 is 1.68 bits per heavy atom. The van der Waals surface area contributed by atoms with Crippen molar-refractivity contribution in [1.82, 2.24) is 9.97 Å². The molecule has 118 valence electrons. The van der Waals surface area contributed by atoms with Crippen LogP contribution in [0.3, 0.4) is 0 Å². The molecule has 0 unspecified atom stereocenters. The van der Waals surface area contributed by atoms with E-state index in [4.69, 9.17) is 4.74 Å². The number of aromatic nitrogens is 2. The van der Waals surface area contributed by atoms with Gasteiger partial charge in [0.1, 0.15) is 23.2 Å². The highest BCUT2D eigenvalue weighted by molar-refractivity contribution is 5.65. The summed E-state index contributed by atoms with van der Waals surface area (Å²) >= 11 is 0. The molecule has 0 spiro atoms. The van der Waals surface area contributed by atoms with Crippen molar-refractivity contribution in [3.63, 3.8) is 0 Å². The lowest BCUT2D eigenvalue weighted by Crippen LogP contribution is -2.12. The van der Waals surface area contributed by atoms with E-state index in [-0.39, 0.29) is 6.10 Å². The zero-order chi connectivity index (χ0) is 16.1. The van der Waals surface area contributed by atoms with E-state index in [1.54, 1.807) is 0 Å². The molecule has 1 aromatic carbocycles. The third kappa shape index (κ3) is 4.62. The first-order valence-electron chi connectivity index (χ1n) is 7.59. The first kappa shape index (κ1) is 16.1. The van der Waals surface area contributed by atoms with Crippen LogP contribution in [0.1, 0.15) is 33.5 Å². The molecule has 2 N–H and O–H groups in total. The van der Waals surface area contributed by atoms with Gasteiger partial charge in [-0.25, -0.2) is 9.97 Å². The lowest BCUT2D eigenvalue weighted by molar-refractivity contribution is 0.244. The summed E-state index contributed by atoms with van der Waals surface area (Å²) in [6.07, 6.45) is 0.119. The third-order valence-electron chi connectivity index (χ3n) is 2.79. The maximum absolute atomic E-state index is 5.82. The minimum atomic E-state index is 0.119. The number of anilines is 3. The molecule has 5 nitrogen and oxygen atoms in total. The summed E-state index contributed by atoms with van der Waals surface area (Å²) in [7, 11) is 0. The Hall–Kier alpha value is -2.30. The highest BCUT2D eigenvalue weighted by Gasteiger charge is 2.08. The number of rotatable bonds is 6. The normalized spacial score (nSPS) is 10.9. The van der Waals surface area contributed by atoms with Crippen molar-refractivity contribution in [2.24, 2.45) is 0 Å². The molecule has 0 saturated heterocycles. The van der Waals surface area contributed by atoms with Crippen LogP contribution in [0.2, 0.25) is 0 Å². The quantitative estimate of drug-likeness (QED) is 0.839. The van der Waals surface area contributed by atoms with Crippen molar-refractivity contribution in [3.8, 4) is 5.75 Å². The fourth-order valence-electron chi connectivity index (χ4n) is 2.07. The number of nitrogens with zero attached hydrogens (tertiary/aromatic N) is 2. The second kappa shape index (κ2) is 7.11. The van der Waals surface area contributed by atoms with E-state index < -0.39 is 0 Å². The molecule has 0 bridgehead atoms. The molecule has 0 aliphatic carbocycles. The minimum absolute atomic E-state index is 0.119. The Morgan fingerprint density at radius 3 is 2.36 bits per heavy atom. The van der Waals surface area contributed by atoms with Crippen molar-refractivity contribution < 1.29 is 4.74 Å². The predicted octanol–water partition coefficient (Wildman–Crippen LogP) is 4.14. The van der Waals surface area contributed by atoms with Gasteiger partial charge in [-0.3, -0.25) is 0 Å². The smallest absolute Gasteiger partial charge is 0.143 e. The Balaban J connectivity index is 2.25. The summed E-state index contributed by atoms with van der Waals surface area (Å²) in [4.78, 5) is 8.83. The summed E-state index contributed by atoms with van der Waals surface area (Å²) < 4.78 is 5.82. The number of ether oxygens (including phenoxy) is 1. The molecule has 1 aromatic heterocycles. The average molecular weight is 300 g/mol. The van der Waals surface area contributed by atoms with Crippen molar-refractivity contribution in [2.45, 2.75) is 46.8 Å². The molecule has 5 heteroatoms. The van der Waals surface area contributed by atoms with E-state index in [9.17, 15) is 0 Å². The Labute approximate surface area is 132 Å². The van der Waals surface area contributed by atoms with Gasteiger partial charge in [0.05, 0.1) is 11.8 Å². The summed E-state index contributed by atoms with van der Waals surface area (Å²) in [5.41, 5.74) is 0.893. The zero-order valence-corrected chi connectivity index (χ0v) is 13.8. The summed E-state index contributed by atoms with van der Waals surface area (Å²) in [5.74, 6) is 3.09. The average Bonchev–Trinajstić information content (AvgIpc) is 2.39. The maximum Gasteiger partial charge on any atom is 0.143 e. The van der Waals surface area contributed by atoms with Crippen LogP contribution in [0, 0.1) is 6.92 Å². The van der Waals surface area contributed by atoms with E-state index in [0.29, 0.717) is 6.04 Å². The number of nitrogens with one attached hydrogen (secondary N) is 2. The van der Waals surface area contributed by atoms with E-state index in [1.807, 2.05) is 51.1 Å². The molecule has 1 heterocycles. The fraction of sp³-hybridized carbons (Fsp3) is 0.412. The maximum atomic E-state index is 5.82. The van der Waals surface area contributed by atoms with Crippen molar-refractivity contribution in [3.05, 3.63) is 36.2 Å². The monoisotopic (exact) mass is 300 g/mol. The van der Waals surface area contributed by atoms with E-state index in [2.05, 4.69) is 34.4 Å². The Bertz CT molecular complexity index is 626. The molecule has 22 heavy (non-hydrogen) atoms. The van der Waals surface area contributed by atoms with E-state index >= 15 is 0 Å². The van der Waals surface area contributed by atoms with Crippen molar-refractivity contribution in [2.75, 3.05) is 10.6 Å². The van der Waals surface area contributed by atoms with Gasteiger partial charge in [-0.2, -0.15) is 0 Å². The van der Waals surface area contributed by atoms with Gasteiger partial charge in [-0.05, 0) is 46.8 Å². The molecule has 2 rings (SSSR count). The second-order valence-corrected chi connectivity index (χ2v) is 5.77. The first-order chi connectivity index (χ1) is 10.4. The molecule has 0 fully saturated rings. The number of benzene rings is 1. The van der Waals surface area contributed by atoms with Crippen molar-refractivity contribution >= 4 is 17.3 Å². The van der Waals surface area contributed by atoms with Crippen LogP contribution < -0.4 is 15.4 Å². The topological polar surface area (TPSA) is 59.1 Å². The van der Waals surface area contributed by atoms with Crippen LogP contribution in [-0.4, -0.2) is 22.1 Å². The van der Waals surface area contributed by atoms with E-state index in [1.165, 1.54) is 0 Å². The van der Waals surface area contributed by atoms with Crippen LogP contribution in [-0.2, 0) is 0 Å². The second-order valence-electron chi connectivity index (χ2n) is 5.77. The van der Waals surface area contributed by atoms with Crippen molar-refractivity contribution in [1.29, 1.82) is 0 Å². The Morgan fingerprint density at radius 1 is 1.00 bits per heavy atom. The van der Waals surface area contributed by atoms with E-state index in [0.717, 1.165) is 28.9 Å². The lowest BCUT2D eigenvalue weighted by Gasteiger charge is -2.16. The largest absolute Gasteiger partial charge is 0.489 e. The molecule has 0 aliphatic heterocycles. The van der Waals surface area contributed by atoms with Gasteiger partial charge in [0, 0.05) is 12.1 Å². The standard InChI is InChI=1S/C17H24N4O/c1-11(2)18-16-10-17(20-13(5)19-16)21-14-8-6-7-9-15(14)22-12(3)4/h6-12H,1-5H3,(H2,18,19,20,21). The van der Waals surface area contributed by atoms with Crippen LogP contribution >= 0.6 is 0 Å². The van der Waals surface area contributed by atoms with Gasteiger partial charge in [-0.1, -0.05) is 12.1 Å². The molecule has 0 atom stereocenters. The number of hydrogen-bond donors (Lipinski definition) is 2. The molecular formula is C17H24N4O. The highest BCUT2D eigenvalue weighted by atomic mass is 16.5. The highest BCUT2D eigenvalue weighted by Crippen LogP contribution is 2.28. The number of para-hydroxylation sites is 2. The zero-order valence-electron chi connectivity index (χ0n) is 13.8. The van der Waals surface area contributed by atoms with Gasteiger partial charge in [-0.15, -0.1) is 0 Å². The predicted molar refractivity (Wildman–Crippen MR) is 91.0 cm³/mol. The summed E-state index contributed by atoms with van der Waals surface area (Å²) in [6, 6.07) is 10.1. The van der Waals surface area contributed by atoms with Crippen LogP contribution in [0.5, 0.6) is 5.75 Å². The van der Waals surface area contributed by atoms with Crippen LogP contribution in [0.15, 0.2) is 30.3 Å². The Kier molecular flexibility index (Phi) is 5.20. The molecule has 2 aromatic rings. The fourth-order valence-corrected chi connectivity index (χ4v) is 2.07. The minimum Gasteiger partial charge on any atom is -0.489 e. The van der Waals surface area contributed by atoms with Crippen LogP contribution in [0.4, 0.5) is 17.3 Å². The first-order valence-corrected chi connectivity index (χ1v) is 7.59. The molecule has 0 aliphatic rings. The van der Waals surface area contributed by atoms with Gasteiger partial charge in [0.2, 0.25) is 0 Å². The molecule has 0 amide bonds. The van der Waals surface area contributed by atoms with Gasteiger partial charge in [0.15, 0.2) is 0 Å².